The normalized spacial score (nSPS) is 11.6. The molecule has 2 aromatic rings. The van der Waals surface area contributed by atoms with Gasteiger partial charge in [0.15, 0.2) is 9.84 Å². The third-order valence-electron chi connectivity index (χ3n) is 2.50. The van der Waals surface area contributed by atoms with E-state index >= 15 is 0 Å². The Labute approximate surface area is 98.4 Å². The van der Waals surface area contributed by atoms with Gasteiger partial charge in [0.1, 0.15) is 0 Å². The first-order valence-corrected chi connectivity index (χ1v) is 6.79. The molecule has 0 atom stereocenters. The van der Waals surface area contributed by atoms with Gasteiger partial charge in [-0.2, -0.15) is 0 Å². The molecule has 2 N–H and O–H groups in total. The lowest BCUT2D eigenvalue weighted by molar-refractivity contribution is 0.597. The number of sulfone groups is 1. The smallest absolute Gasteiger partial charge is 0.312 e. The van der Waals surface area contributed by atoms with Crippen molar-refractivity contribution in [2.45, 2.75) is 11.8 Å². The standard InChI is InChI=1S/C11H12N2O3S/c1-2-17(15,16)9-5-3-8(4-6-9)10-7-12-11(14)13-10/h3-7H,2H2,1H3,(H2,12,13,14). The van der Waals surface area contributed by atoms with Gasteiger partial charge in [0.25, 0.3) is 0 Å². The fraction of sp³-hybridized carbons (Fsp3) is 0.182. The Morgan fingerprint density at radius 2 is 1.82 bits per heavy atom. The molecule has 0 fully saturated rings. The minimum Gasteiger partial charge on any atom is -0.312 e. The highest BCUT2D eigenvalue weighted by molar-refractivity contribution is 7.91. The number of imidazole rings is 1. The summed E-state index contributed by atoms with van der Waals surface area (Å²) in [4.78, 5) is 16.3. The van der Waals surface area contributed by atoms with Crippen LogP contribution in [-0.2, 0) is 9.84 Å². The van der Waals surface area contributed by atoms with Crippen molar-refractivity contribution in [3.8, 4) is 11.3 Å². The largest absolute Gasteiger partial charge is 0.323 e. The van der Waals surface area contributed by atoms with E-state index in [0.29, 0.717) is 10.6 Å². The Hall–Kier alpha value is -1.82. The highest BCUT2D eigenvalue weighted by Gasteiger charge is 2.11. The second kappa shape index (κ2) is 4.21. The highest BCUT2D eigenvalue weighted by Crippen LogP contribution is 2.18. The third kappa shape index (κ3) is 2.31. The molecule has 90 valence electrons. The van der Waals surface area contributed by atoms with Crippen molar-refractivity contribution in [3.63, 3.8) is 0 Å². The summed E-state index contributed by atoms with van der Waals surface area (Å²) >= 11 is 0. The molecule has 1 heterocycles. The summed E-state index contributed by atoms with van der Waals surface area (Å²) < 4.78 is 23.2. The average Bonchev–Trinajstić information content (AvgIpc) is 2.76. The number of rotatable bonds is 3. The Morgan fingerprint density at radius 3 is 2.29 bits per heavy atom. The maximum Gasteiger partial charge on any atom is 0.323 e. The first-order valence-electron chi connectivity index (χ1n) is 5.14. The molecule has 0 bridgehead atoms. The summed E-state index contributed by atoms with van der Waals surface area (Å²) in [5, 5.41) is 0. The summed E-state index contributed by atoms with van der Waals surface area (Å²) in [5.74, 6) is 0.0767. The van der Waals surface area contributed by atoms with Crippen LogP contribution in [0.15, 0.2) is 40.2 Å². The zero-order valence-electron chi connectivity index (χ0n) is 9.23. The molecular weight excluding hydrogens is 240 g/mol. The lowest BCUT2D eigenvalue weighted by Crippen LogP contribution is -2.03. The highest BCUT2D eigenvalue weighted by atomic mass is 32.2. The first kappa shape index (κ1) is 11.7. The Balaban J connectivity index is 2.40. The summed E-state index contributed by atoms with van der Waals surface area (Å²) in [6, 6.07) is 6.42. The van der Waals surface area contributed by atoms with Crippen molar-refractivity contribution < 1.29 is 8.42 Å². The second-order valence-corrected chi connectivity index (χ2v) is 5.86. The van der Waals surface area contributed by atoms with Crippen LogP contribution in [0.5, 0.6) is 0 Å². The van der Waals surface area contributed by atoms with Crippen LogP contribution in [0.25, 0.3) is 11.3 Å². The minimum absolute atomic E-state index is 0.0767. The van der Waals surface area contributed by atoms with Crippen molar-refractivity contribution in [1.82, 2.24) is 9.97 Å². The lowest BCUT2D eigenvalue weighted by atomic mass is 10.2. The van der Waals surface area contributed by atoms with Crippen LogP contribution in [0.3, 0.4) is 0 Å². The predicted molar refractivity (Wildman–Crippen MR) is 64.6 cm³/mol. The minimum atomic E-state index is -3.17. The quantitative estimate of drug-likeness (QED) is 0.860. The maximum atomic E-state index is 11.6. The van der Waals surface area contributed by atoms with Crippen LogP contribution in [0.2, 0.25) is 0 Å². The molecule has 1 aromatic carbocycles. The fourth-order valence-corrected chi connectivity index (χ4v) is 2.38. The summed E-state index contributed by atoms with van der Waals surface area (Å²) in [7, 11) is -3.17. The number of hydrogen-bond acceptors (Lipinski definition) is 3. The SMILES string of the molecule is CCS(=O)(=O)c1ccc(-c2c[nH]c(=O)[nH]2)cc1. The number of aromatic nitrogens is 2. The van der Waals surface area contributed by atoms with Crippen LogP contribution in [-0.4, -0.2) is 24.1 Å². The molecule has 0 spiro atoms. The number of nitrogens with one attached hydrogen (secondary N) is 2. The van der Waals surface area contributed by atoms with Crippen LogP contribution in [0.1, 0.15) is 6.92 Å². The number of aromatic amines is 2. The van der Waals surface area contributed by atoms with Gasteiger partial charge < -0.3 is 9.97 Å². The molecule has 0 amide bonds. The molecule has 5 nitrogen and oxygen atoms in total. The molecular formula is C11H12N2O3S. The van der Waals surface area contributed by atoms with Crippen LogP contribution < -0.4 is 5.69 Å². The van der Waals surface area contributed by atoms with Crippen molar-refractivity contribution in [2.75, 3.05) is 5.75 Å². The van der Waals surface area contributed by atoms with Crippen LogP contribution >= 0.6 is 0 Å². The predicted octanol–water partition coefficient (Wildman–Crippen LogP) is 1.16. The van der Waals surface area contributed by atoms with E-state index in [0.717, 1.165) is 5.56 Å². The second-order valence-electron chi connectivity index (χ2n) is 3.58. The molecule has 0 unspecified atom stereocenters. The lowest BCUT2D eigenvalue weighted by Gasteiger charge is -2.02. The molecule has 6 heteroatoms. The summed E-state index contributed by atoms with van der Waals surface area (Å²) in [6.07, 6.45) is 1.55. The molecule has 2 rings (SSSR count). The number of H-pyrrole nitrogens is 2. The van der Waals surface area contributed by atoms with Crippen LogP contribution in [0, 0.1) is 0 Å². The van der Waals surface area contributed by atoms with Crippen molar-refractivity contribution >= 4 is 9.84 Å². The van der Waals surface area contributed by atoms with E-state index in [4.69, 9.17) is 0 Å². The Bertz CT molecular complexity index is 665. The monoisotopic (exact) mass is 252 g/mol. The van der Waals surface area contributed by atoms with Gasteiger partial charge in [-0.25, -0.2) is 13.2 Å². The van der Waals surface area contributed by atoms with E-state index in [-0.39, 0.29) is 11.4 Å². The van der Waals surface area contributed by atoms with Crippen molar-refractivity contribution in [2.24, 2.45) is 0 Å². The van der Waals surface area contributed by atoms with Crippen molar-refractivity contribution in [3.05, 3.63) is 40.9 Å². The van der Waals surface area contributed by atoms with Gasteiger partial charge in [0, 0.05) is 6.20 Å². The maximum absolute atomic E-state index is 11.6. The molecule has 0 aliphatic rings. The van der Waals surface area contributed by atoms with E-state index in [1.54, 1.807) is 37.4 Å². The zero-order chi connectivity index (χ0) is 12.5. The van der Waals surface area contributed by atoms with Crippen molar-refractivity contribution in [1.29, 1.82) is 0 Å². The number of hydrogen-bond donors (Lipinski definition) is 2. The van der Waals surface area contributed by atoms with E-state index in [9.17, 15) is 13.2 Å². The molecule has 0 saturated heterocycles. The van der Waals surface area contributed by atoms with Gasteiger partial charge in [0.05, 0.1) is 16.3 Å². The van der Waals surface area contributed by atoms with Gasteiger partial charge in [0.2, 0.25) is 0 Å². The Morgan fingerprint density at radius 1 is 1.18 bits per heavy atom. The molecule has 17 heavy (non-hydrogen) atoms. The molecule has 0 aliphatic heterocycles. The van der Waals surface area contributed by atoms with E-state index in [1.807, 2.05) is 0 Å². The van der Waals surface area contributed by atoms with Gasteiger partial charge in [-0.15, -0.1) is 0 Å². The third-order valence-corrected chi connectivity index (χ3v) is 4.25. The summed E-state index contributed by atoms with van der Waals surface area (Å²) in [5.41, 5.74) is 1.11. The van der Waals surface area contributed by atoms with Gasteiger partial charge >= 0.3 is 5.69 Å². The van der Waals surface area contributed by atoms with Gasteiger partial charge in [-0.1, -0.05) is 19.1 Å². The Kier molecular flexibility index (Phi) is 2.89. The van der Waals surface area contributed by atoms with E-state index in [2.05, 4.69) is 9.97 Å². The van der Waals surface area contributed by atoms with E-state index in [1.165, 1.54) is 0 Å². The molecule has 0 aliphatic carbocycles. The summed E-state index contributed by atoms with van der Waals surface area (Å²) in [6.45, 7) is 1.60. The van der Waals surface area contributed by atoms with Crippen LogP contribution in [0.4, 0.5) is 0 Å². The molecule has 1 aromatic heterocycles. The van der Waals surface area contributed by atoms with Gasteiger partial charge in [-0.3, -0.25) is 0 Å². The van der Waals surface area contributed by atoms with E-state index < -0.39 is 9.84 Å². The molecule has 0 saturated carbocycles. The zero-order valence-corrected chi connectivity index (χ0v) is 10.0. The van der Waals surface area contributed by atoms with Gasteiger partial charge in [-0.05, 0) is 17.7 Å². The fourth-order valence-electron chi connectivity index (χ4n) is 1.50. The average molecular weight is 252 g/mol. The molecule has 0 radical (unpaired) electrons. The number of benzene rings is 1. The topological polar surface area (TPSA) is 82.8 Å². The first-order chi connectivity index (χ1) is 8.03.